The summed E-state index contributed by atoms with van der Waals surface area (Å²) < 4.78 is 21.4. The molecule has 9 heteroatoms. The van der Waals surface area contributed by atoms with Crippen molar-refractivity contribution in [3.8, 4) is 23.0 Å². The Kier molecular flexibility index (Phi) is 12.2. The van der Waals surface area contributed by atoms with Gasteiger partial charge in [-0.15, -0.1) is 24.0 Å². The van der Waals surface area contributed by atoms with E-state index >= 15 is 0 Å². The fourth-order valence-corrected chi connectivity index (χ4v) is 3.18. The normalized spacial score (nSPS) is 10.7. The first-order chi connectivity index (χ1) is 14.6. The first kappa shape index (κ1) is 27.0. The molecule has 0 aliphatic heterocycles. The second-order valence-corrected chi connectivity index (χ2v) is 6.77. The molecular weight excluding hydrogens is 533 g/mol. The highest BCUT2D eigenvalue weighted by Crippen LogP contribution is 2.38. The number of aliphatic imine (C=N–C) groups is 1. The zero-order chi connectivity index (χ0) is 21.9. The van der Waals surface area contributed by atoms with Crippen molar-refractivity contribution in [3.05, 3.63) is 46.5 Å². The molecule has 2 aromatic carbocycles. The van der Waals surface area contributed by atoms with Crippen molar-refractivity contribution in [1.82, 2.24) is 10.6 Å². The molecule has 0 aromatic heterocycles. The molecule has 2 aromatic rings. The van der Waals surface area contributed by atoms with Crippen molar-refractivity contribution in [3.63, 3.8) is 0 Å². The molecular formula is C22H31ClIN3O4. The Hall–Kier alpha value is -2.07. The molecule has 0 fully saturated rings. The molecule has 7 nitrogen and oxygen atoms in total. The van der Waals surface area contributed by atoms with Crippen molar-refractivity contribution >= 4 is 41.5 Å². The van der Waals surface area contributed by atoms with E-state index in [0.717, 1.165) is 35.8 Å². The molecule has 0 aliphatic carbocycles. The van der Waals surface area contributed by atoms with Gasteiger partial charge in [-0.1, -0.05) is 17.7 Å². The summed E-state index contributed by atoms with van der Waals surface area (Å²) in [7, 11) is 6.40. The number of hydrogen-bond acceptors (Lipinski definition) is 5. The average molecular weight is 564 g/mol. The molecule has 2 rings (SSSR count). The maximum atomic E-state index is 6.32. The number of halogens is 2. The fourth-order valence-electron chi connectivity index (χ4n) is 2.91. The molecule has 31 heavy (non-hydrogen) atoms. The van der Waals surface area contributed by atoms with Crippen molar-refractivity contribution in [2.24, 2.45) is 4.99 Å². The van der Waals surface area contributed by atoms with E-state index in [1.807, 2.05) is 37.3 Å². The van der Waals surface area contributed by atoms with E-state index in [1.54, 1.807) is 28.4 Å². The van der Waals surface area contributed by atoms with Gasteiger partial charge in [-0.2, -0.15) is 0 Å². The van der Waals surface area contributed by atoms with Gasteiger partial charge in [0.05, 0.1) is 35.0 Å². The minimum absolute atomic E-state index is 0. The Morgan fingerprint density at radius 2 is 1.61 bits per heavy atom. The van der Waals surface area contributed by atoms with Gasteiger partial charge in [0.25, 0.3) is 0 Å². The van der Waals surface area contributed by atoms with E-state index in [-0.39, 0.29) is 24.0 Å². The van der Waals surface area contributed by atoms with Crippen molar-refractivity contribution in [1.29, 1.82) is 0 Å². The Bertz CT molecular complexity index is 840. The summed E-state index contributed by atoms with van der Waals surface area (Å²) in [5.74, 6) is 3.24. The zero-order valence-electron chi connectivity index (χ0n) is 18.6. The van der Waals surface area contributed by atoms with Gasteiger partial charge in [0.2, 0.25) is 5.75 Å². The molecule has 0 amide bonds. The summed E-state index contributed by atoms with van der Waals surface area (Å²) in [5.41, 5.74) is 1.99. The summed E-state index contributed by atoms with van der Waals surface area (Å²) in [6.07, 6.45) is 0.761. The Morgan fingerprint density at radius 1 is 0.935 bits per heavy atom. The van der Waals surface area contributed by atoms with Crippen LogP contribution in [0.4, 0.5) is 0 Å². The van der Waals surface area contributed by atoms with Crippen LogP contribution in [-0.4, -0.2) is 47.5 Å². The van der Waals surface area contributed by atoms with E-state index < -0.39 is 0 Å². The van der Waals surface area contributed by atoms with Gasteiger partial charge < -0.3 is 29.6 Å². The number of rotatable bonds is 10. The molecule has 0 spiro atoms. The molecule has 0 saturated heterocycles. The number of guanidine groups is 1. The van der Waals surface area contributed by atoms with Gasteiger partial charge in [-0.3, -0.25) is 0 Å². The number of benzene rings is 2. The van der Waals surface area contributed by atoms with Crippen LogP contribution < -0.4 is 29.6 Å². The number of nitrogens with one attached hydrogen (secondary N) is 2. The highest BCUT2D eigenvalue weighted by molar-refractivity contribution is 14.0. The minimum atomic E-state index is 0. The molecule has 0 bridgehead atoms. The van der Waals surface area contributed by atoms with Crippen molar-refractivity contribution < 1.29 is 18.9 Å². The summed E-state index contributed by atoms with van der Waals surface area (Å²) in [6.45, 7) is 3.92. The fraction of sp³-hybridized carbons (Fsp3) is 0.409. The number of hydrogen-bond donors (Lipinski definition) is 2. The van der Waals surface area contributed by atoms with Crippen LogP contribution >= 0.6 is 35.6 Å². The second-order valence-electron chi connectivity index (χ2n) is 6.36. The predicted octanol–water partition coefficient (Wildman–Crippen LogP) is 4.29. The van der Waals surface area contributed by atoms with E-state index in [4.69, 9.17) is 30.5 Å². The maximum Gasteiger partial charge on any atom is 0.203 e. The van der Waals surface area contributed by atoms with Crippen LogP contribution in [-0.2, 0) is 13.0 Å². The lowest BCUT2D eigenvalue weighted by atomic mass is 10.1. The van der Waals surface area contributed by atoms with Crippen molar-refractivity contribution in [2.75, 3.05) is 41.5 Å². The first-order valence-corrected chi connectivity index (χ1v) is 10.1. The smallest absolute Gasteiger partial charge is 0.203 e. The van der Waals surface area contributed by atoms with Crippen LogP contribution in [0, 0.1) is 0 Å². The largest absolute Gasteiger partial charge is 0.497 e. The molecule has 0 heterocycles. The second kappa shape index (κ2) is 14.1. The van der Waals surface area contributed by atoms with Gasteiger partial charge >= 0.3 is 0 Å². The molecule has 0 aliphatic rings. The summed E-state index contributed by atoms with van der Waals surface area (Å²) in [5, 5.41) is 7.28. The van der Waals surface area contributed by atoms with Crippen molar-refractivity contribution in [2.45, 2.75) is 19.9 Å². The molecule has 0 radical (unpaired) electrons. The zero-order valence-corrected chi connectivity index (χ0v) is 21.7. The molecule has 2 N–H and O–H groups in total. The van der Waals surface area contributed by atoms with E-state index in [1.165, 1.54) is 0 Å². The Labute approximate surface area is 206 Å². The molecule has 0 unspecified atom stereocenters. The molecule has 172 valence electrons. The third kappa shape index (κ3) is 7.84. The van der Waals surface area contributed by atoms with E-state index in [0.29, 0.717) is 35.4 Å². The van der Waals surface area contributed by atoms with Crippen LogP contribution in [0.25, 0.3) is 0 Å². The number of methoxy groups -OCH3 is 4. The minimum Gasteiger partial charge on any atom is -0.497 e. The molecule has 0 atom stereocenters. The van der Waals surface area contributed by atoms with E-state index in [9.17, 15) is 0 Å². The lowest BCUT2D eigenvalue weighted by molar-refractivity contribution is 0.324. The lowest BCUT2D eigenvalue weighted by Gasteiger charge is -2.14. The Morgan fingerprint density at radius 3 is 2.13 bits per heavy atom. The Balaban J connectivity index is 0.00000480. The van der Waals surface area contributed by atoms with Gasteiger partial charge in [-0.05, 0) is 48.7 Å². The van der Waals surface area contributed by atoms with Crippen LogP contribution in [0.5, 0.6) is 23.0 Å². The first-order valence-electron chi connectivity index (χ1n) is 9.69. The standard InChI is InChI=1S/C22H30ClN3O4.HI/c1-6-24-22(25-10-9-16-7-8-17(27-2)13-18(16)23)26-14-15-11-19(28-3)21(30-5)20(12-15)29-4;/h7-8,11-13H,6,9-10,14H2,1-5H3,(H2,24,25,26);1H. The summed E-state index contributed by atoms with van der Waals surface area (Å²) in [4.78, 5) is 4.66. The highest BCUT2D eigenvalue weighted by Gasteiger charge is 2.13. The SMILES string of the molecule is CCNC(=NCc1cc(OC)c(OC)c(OC)c1)NCCc1ccc(OC)cc1Cl.I. The third-order valence-electron chi connectivity index (χ3n) is 4.44. The van der Waals surface area contributed by atoms with Gasteiger partial charge in [0, 0.05) is 18.1 Å². The highest BCUT2D eigenvalue weighted by atomic mass is 127. The molecule has 0 saturated carbocycles. The van der Waals surface area contributed by atoms with Crippen LogP contribution in [0.3, 0.4) is 0 Å². The van der Waals surface area contributed by atoms with E-state index in [2.05, 4.69) is 15.6 Å². The van der Waals surface area contributed by atoms with Gasteiger partial charge in [0.15, 0.2) is 17.5 Å². The number of ether oxygens (including phenoxy) is 4. The summed E-state index contributed by atoms with van der Waals surface area (Å²) >= 11 is 6.32. The van der Waals surface area contributed by atoms with Crippen LogP contribution in [0.1, 0.15) is 18.1 Å². The van der Waals surface area contributed by atoms with Gasteiger partial charge in [0.1, 0.15) is 5.75 Å². The van der Waals surface area contributed by atoms with Crippen LogP contribution in [0.2, 0.25) is 5.02 Å². The number of nitrogens with zero attached hydrogens (tertiary/aromatic N) is 1. The summed E-state index contributed by atoms with van der Waals surface area (Å²) in [6, 6.07) is 9.49. The third-order valence-corrected chi connectivity index (χ3v) is 4.79. The lowest BCUT2D eigenvalue weighted by Crippen LogP contribution is -2.38. The van der Waals surface area contributed by atoms with Gasteiger partial charge in [-0.25, -0.2) is 4.99 Å². The average Bonchev–Trinajstić information content (AvgIpc) is 2.77. The van der Waals surface area contributed by atoms with Crippen LogP contribution in [0.15, 0.2) is 35.3 Å². The maximum absolute atomic E-state index is 6.32. The predicted molar refractivity (Wildman–Crippen MR) is 136 cm³/mol. The quantitative estimate of drug-likeness (QED) is 0.255. The topological polar surface area (TPSA) is 73.3 Å². The monoisotopic (exact) mass is 563 g/mol.